The van der Waals surface area contributed by atoms with E-state index in [0.717, 1.165) is 17.8 Å². The lowest BCUT2D eigenvalue weighted by Crippen LogP contribution is -2.61. The summed E-state index contributed by atoms with van der Waals surface area (Å²) in [6.45, 7) is 9.73. The predicted octanol–water partition coefficient (Wildman–Crippen LogP) is 4.42. The van der Waals surface area contributed by atoms with Gasteiger partial charge in [-0.25, -0.2) is 0 Å². The smallest absolute Gasteiger partial charge is 0.00230 e. The van der Waals surface area contributed by atoms with Crippen molar-refractivity contribution in [3.8, 4) is 0 Å². The fourth-order valence-corrected chi connectivity index (χ4v) is 5.02. The van der Waals surface area contributed by atoms with Crippen LogP contribution in [0.15, 0.2) is 11.6 Å². The predicted molar refractivity (Wildman–Crippen MR) is 64.6 cm³/mol. The Labute approximate surface area is 94.1 Å². The van der Waals surface area contributed by atoms with Gasteiger partial charge >= 0.3 is 0 Å². The second-order valence-electron chi connectivity index (χ2n) is 6.61. The van der Waals surface area contributed by atoms with Crippen LogP contribution < -0.4 is 0 Å². The molecule has 0 nitrogen and oxygen atoms in total. The van der Waals surface area contributed by atoms with E-state index in [1.54, 1.807) is 0 Å². The third-order valence-electron chi connectivity index (χ3n) is 6.33. The van der Waals surface area contributed by atoms with Crippen LogP contribution in [-0.2, 0) is 0 Å². The summed E-state index contributed by atoms with van der Waals surface area (Å²) in [5.74, 6) is 2.83. The second kappa shape index (κ2) is 2.70. The zero-order chi connectivity index (χ0) is 10.8. The summed E-state index contributed by atoms with van der Waals surface area (Å²) < 4.78 is 0. The van der Waals surface area contributed by atoms with Gasteiger partial charge in [0.1, 0.15) is 0 Å². The van der Waals surface area contributed by atoms with E-state index in [2.05, 4.69) is 33.8 Å². The summed E-state index contributed by atoms with van der Waals surface area (Å²) in [6.07, 6.45) is 8.36. The standard InChI is InChI=1S/C15H24/c1-5-10(2)8-12-9-14(4)11(3)15(12)7-6-13(14)15/h8,10-11,13H,5-7,9H2,1-4H3. The molecule has 0 aromatic carbocycles. The molecule has 5 unspecified atom stereocenters. The molecule has 0 heterocycles. The van der Waals surface area contributed by atoms with E-state index in [4.69, 9.17) is 0 Å². The summed E-state index contributed by atoms with van der Waals surface area (Å²) >= 11 is 0. The van der Waals surface area contributed by atoms with Crippen molar-refractivity contribution in [2.45, 2.75) is 53.4 Å². The molecule has 4 fully saturated rings. The highest BCUT2D eigenvalue weighted by atomic mass is 14.8. The van der Waals surface area contributed by atoms with Crippen LogP contribution in [0.4, 0.5) is 0 Å². The summed E-state index contributed by atoms with van der Waals surface area (Å²) in [6, 6.07) is 0. The quantitative estimate of drug-likeness (QED) is 0.584. The molecule has 1 spiro atoms. The number of hydrogen-bond acceptors (Lipinski definition) is 0. The van der Waals surface area contributed by atoms with Gasteiger partial charge in [-0.3, -0.25) is 0 Å². The molecule has 0 N–H and O–H groups in total. The van der Waals surface area contributed by atoms with E-state index in [1.807, 2.05) is 5.57 Å². The van der Waals surface area contributed by atoms with Crippen LogP contribution in [0.5, 0.6) is 0 Å². The lowest BCUT2D eigenvalue weighted by Gasteiger charge is -2.67. The minimum absolute atomic E-state index is 0.692. The Hall–Kier alpha value is -0.260. The third kappa shape index (κ3) is 0.867. The Bertz CT molecular complexity index is 317. The van der Waals surface area contributed by atoms with Gasteiger partial charge in [0.25, 0.3) is 0 Å². The van der Waals surface area contributed by atoms with Crippen molar-refractivity contribution in [3.05, 3.63) is 11.6 Å². The number of rotatable bonds is 2. The Morgan fingerprint density at radius 1 is 1.53 bits per heavy atom. The first-order valence-electron chi connectivity index (χ1n) is 6.77. The Balaban J connectivity index is 1.93. The van der Waals surface area contributed by atoms with Gasteiger partial charge in [0.2, 0.25) is 0 Å². The van der Waals surface area contributed by atoms with Gasteiger partial charge in [-0.15, -0.1) is 0 Å². The van der Waals surface area contributed by atoms with Crippen LogP contribution in [0.25, 0.3) is 0 Å². The summed E-state index contributed by atoms with van der Waals surface area (Å²) in [7, 11) is 0. The fourth-order valence-electron chi connectivity index (χ4n) is 5.02. The maximum Gasteiger partial charge on any atom is -0.00230 e. The van der Waals surface area contributed by atoms with Gasteiger partial charge in [0.05, 0.1) is 0 Å². The second-order valence-corrected chi connectivity index (χ2v) is 6.61. The van der Waals surface area contributed by atoms with Crippen molar-refractivity contribution in [1.82, 2.24) is 0 Å². The zero-order valence-electron chi connectivity index (χ0n) is 10.6. The van der Waals surface area contributed by atoms with Gasteiger partial charge in [-0.1, -0.05) is 45.8 Å². The maximum absolute atomic E-state index is 2.63. The van der Waals surface area contributed by atoms with Crippen LogP contribution in [0.2, 0.25) is 0 Å². The number of allylic oxidation sites excluding steroid dienone is 2. The monoisotopic (exact) mass is 204 g/mol. The molecule has 4 saturated carbocycles. The molecule has 5 atom stereocenters. The molecular formula is C15H24. The van der Waals surface area contributed by atoms with E-state index in [1.165, 1.54) is 25.7 Å². The molecule has 0 amide bonds. The van der Waals surface area contributed by atoms with Gasteiger partial charge < -0.3 is 0 Å². The van der Waals surface area contributed by atoms with E-state index >= 15 is 0 Å². The minimum Gasteiger partial charge on any atom is -0.0819 e. The van der Waals surface area contributed by atoms with Crippen LogP contribution in [0.1, 0.15) is 53.4 Å². The lowest BCUT2D eigenvalue weighted by molar-refractivity contribution is -0.180. The van der Waals surface area contributed by atoms with Crippen molar-refractivity contribution in [2.75, 3.05) is 0 Å². The molecule has 0 radical (unpaired) electrons. The van der Waals surface area contributed by atoms with Crippen LogP contribution in [0, 0.1) is 28.6 Å². The van der Waals surface area contributed by atoms with Crippen LogP contribution >= 0.6 is 0 Å². The van der Waals surface area contributed by atoms with Gasteiger partial charge in [0.15, 0.2) is 0 Å². The summed E-state index contributed by atoms with van der Waals surface area (Å²) in [4.78, 5) is 0. The number of hydrogen-bond donors (Lipinski definition) is 0. The first-order valence-corrected chi connectivity index (χ1v) is 6.77. The minimum atomic E-state index is 0.692. The van der Waals surface area contributed by atoms with E-state index < -0.39 is 0 Å². The SMILES string of the molecule is CCC(C)C=C1CC2(C)C(C)C13CCC23. The summed E-state index contributed by atoms with van der Waals surface area (Å²) in [5, 5.41) is 0. The largest absolute Gasteiger partial charge is 0.0819 e. The van der Waals surface area contributed by atoms with Crippen molar-refractivity contribution in [2.24, 2.45) is 28.6 Å². The fraction of sp³-hybridized carbons (Fsp3) is 0.867. The Morgan fingerprint density at radius 2 is 2.27 bits per heavy atom. The van der Waals surface area contributed by atoms with Crippen molar-refractivity contribution in [3.63, 3.8) is 0 Å². The molecule has 2 bridgehead atoms. The van der Waals surface area contributed by atoms with Gasteiger partial charge in [0, 0.05) is 0 Å². The van der Waals surface area contributed by atoms with Crippen molar-refractivity contribution in [1.29, 1.82) is 0 Å². The van der Waals surface area contributed by atoms with Gasteiger partial charge in [-0.05, 0) is 47.8 Å². The molecule has 0 heteroatoms. The highest BCUT2D eigenvalue weighted by molar-refractivity contribution is 5.41. The normalized spacial score (nSPS) is 55.9. The first-order chi connectivity index (χ1) is 7.05. The average Bonchev–Trinajstić information content (AvgIpc) is 2.46. The summed E-state index contributed by atoms with van der Waals surface area (Å²) in [5.41, 5.74) is 3.25. The molecule has 4 aliphatic rings. The Kier molecular flexibility index (Phi) is 1.79. The molecule has 0 saturated heterocycles. The van der Waals surface area contributed by atoms with E-state index in [-0.39, 0.29) is 0 Å². The molecule has 0 aliphatic heterocycles. The third-order valence-corrected chi connectivity index (χ3v) is 6.33. The lowest BCUT2D eigenvalue weighted by atomic mass is 9.36. The highest BCUT2D eigenvalue weighted by Gasteiger charge is 2.76. The number of fused-ring (bicyclic) bond motifs is 1. The zero-order valence-corrected chi connectivity index (χ0v) is 10.6. The molecule has 0 aromatic heterocycles. The molecule has 0 aromatic rings. The molecule has 4 rings (SSSR count). The Morgan fingerprint density at radius 3 is 2.67 bits per heavy atom. The van der Waals surface area contributed by atoms with E-state index in [0.29, 0.717) is 10.8 Å². The topological polar surface area (TPSA) is 0 Å². The molecule has 15 heavy (non-hydrogen) atoms. The van der Waals surface area contributed by atoms with Crippen molar-refractivity contribution < 1.29 is 0 Å². The first kappa shape index (κ1) is 9.93. The van der Waals surface area contributed by atoms with Gasteiger partial charge in [-0.2, -0.15) is 0 Å². The molecular weight excluding hydrogens is 180 g/mol. The molecule has 84 valence electrons. The highest BCUT2D eigenvalue weighted by Crippen LogP contribution is 2.84. The average molecular weight is 204 g/mol. The molecule has 4 aliphatic carbocycles. The van der Waals surface area contributed by atoms with Crippen LogP contribution in [0.3, 0.4) is 0 Å². The van der Waals surface area contributed by atoms with Crippen LogP contribution in [-0.4, -0.2) is 0 Å². The maximum atomic E-state index is 2.63. The van der Waals surface area contributed by atoms with E-state index in [9.17, 15) is 0 Å². The van der Waals surface area contributed by atoms with Crippen molar-refractivity contribution >= 4 is 0 Å².